The minimum Gasteiger partial charge on any atom is -0.343 e. The molecular weight excluding hydrogens is 282 g/mol. The zero-order valence-corrected chi connectivity index (χ0v) is 12.7. The predicted octanol–water partition coefficient (Wildman–Crippen LogP) is 3.63. The number of nitrogens with two attached hydrogens (primary N) is 1. The SMILES string of the molecule is CC(N)Cc1ccc2ccn(Cc3ccncc3Cl)c2c1. The third-order valence-electron chi connectivity index (χ3n) is 3.59. The summed E-state index contributed by atoms with van der Waals surface area (Å²) in [5.74, 6) is 0. The molecule has 2 N–H and O–H groups in total. The van der Waals surface area contributed by atoms with Gasteiger partial charge >= 0.3 is 0 Å². The minimum atomic E-state index is 0.167. The predicted molar refractivity (Wildman–Crippen MR) is 87.6 cm³/mol. The third-order valence-corrected chi connectivity index (χ3v) is 3.93. The molecule has 0 bridgehead atoms. The summed E-state index contributed by atoms with van der Waals surface area (Å²) in [5, 5.41) is 1.93. The highest BCUT2D eigenvalue weighted by molar-refractivity contribution is 6.31. The van der Waals surface area contributed by atoms with E-state index in [-0.39, 0.29) is 6.04 Å². The summed E-state index contributed by atoms with van der Waals surface area (Å²) in [6.07, 6.45) is 6.44. The van der Waals surface area contributed by atoms with Gasteiger partial charge in [-0.25, -0.2) is 0 Å². The van der Waals surface area contributed by atoms with Gasteiger partial charge in [0.1, 0.15) is 0 Å². The van der Waals surface area contributed by atoms with Crippen LogP contribution >= 0.6 is 11.6 Å². The molecular formula is C17H18ClN3. The highest BCUT2D eigenvalue weighted by Gasteiger charge is 2.06. The molecule has 0 saturated carbocycles. The topological polar surface area (TPSA) is 43.8 Å². The van der Waals surface area contributed by atoms with Crippen LogP contribution in [0.1, 0.15) is 18.1 Å². The monoisotopic (exact) mass is 299 g/mol. The second kappa shape index (κ2) is 5.88. The van der Waals surface area contributed by atoms with Crippen LogP contribution in [0.5, 0.6) is 0 Å². The van der Waals surface area contributed by atoms with Crippen molar-refractivity contribution in [3.8, 4) is 0 Å². The molecule has 0 aliphatic heterocycles. The van der Waals surface area contributed by atoms with Crippen LogP contribution in [0.3, 0.4) is 0 Å². The minimum absolute atomic E-state index is 0.167. The zero-order chi connectivity index (χ0) is 14.8. The van der Waals surface area contributed by atoms with Crippen molar-refractivity contribution < 1.29 is 0 Å². The fourth-order valence-corrected chi connectivity index (χ4v) is 2.76. The van der Waals surface area contributed by atoms with Crippen molar-refractivity contribution in [2.45, 2.75) is 25.9 Å². The number of aromatic nitrogens is 2. The molecule has 21 heavy (non-hydrogen) atoms. The van der Waals surface area contributed by atoms with E-state index in [0.717, 1.165) is 18.5 Å². The first-order chi connectivity index (χ1) is 10.1. The Bertz CT molecular complexity index is 762. The molecule has 3 rings (SSSR count). The van der Waals surface area contributed by atoms with Crippen LogP contribution in [-0.2, 0) is 13.0 Å². The molecule has 2 heterocycles. The molecule has 0 aliphatic carbocycles. The van der Waals surface area contributed by atoms with Crippen LogP contribution in [0.15, 0.2) is 48.9 Å². The van der Waals surface area contributed by atoms with E-state index in [9.17, 15) is 0 Å². The van der Waals surface area contributed by atoms with Crippen LogP contribution in [0.4, 0.5) is 0 Å². The van der Waals surface area contributed by atoms with Gasteiger partial charge in [-0.15, -0.1) is 0 Å². The number of hydrogen-bond acceptors (Lipinski definition) is 2. The molecule has 0 aliphatic rings. The molecule has 0 spiro atoms. The Kier molecular flexibility index (Phi) is 3.95. The zero-order valence-electron chi connectivity index (χ0n) is 12.0. The Morgan fingerprint density at radius 2 is 2.14 bits per heavy atom. The van der Waals surface area contributed by atoms with Crippen LogP contribution in [-0.4, -0.2) is 15.6 Å². The van der Waals surface area contributed by atoms with Crippen LogP contribution in [0, 0.1) is 0 Å². The molecule has 1 unspecified atom stereocenters. The van der Waals surface area contributed by atoms with Gasteiger partial charge in [-0.05, 0) is 48.1 Å². The van der Waals surface area contributed by atoms with E-state index in [2.05, 4.69) is 40.0 Å². The second-order valence-corrected chi connectivity index (χ2v) is 5.89. The summed E-state index contributed by atoms with van der Waals surface area (Å²) in [5.41, 5.74) is 9.44. The number of fused-ring (bicyclic) bond motifs is 1. The standard InChI is InChI=1S/C17H18ClN3/c1-12(19)8-13-2-3-14-5-7-21(17(14)9-13)11-15-4-6-20-10-16(15)18/h2-7,9-10,12H,8,11,19H2,1H3. The number of hydrogen-bond donors (Lipinski definition) is 1. The van der Waals surface area contributed by atoms with Crippen molar-refractivity contribution in [2.75, 3.05) is 0 Å². The Morgan fingerprint density at radius 3 is 2.90 bits per heavy atom. The molecule has 0 fully saturated rings. The van der Waals surface area contributed by atoms with E-state index in [4.69, 9.17) is 17.3 Å². The quantitative estimate of drug-likeness (QED) is 0.799. The lowest BCUT2D eigenvalue weighted by atomic mass is 10.1. The molecule has 0 saturated heterocycles. The Morgan fingerprint density at radius 1 is 1.29 bits per heavy atom. The molecule has 0 amide bonds. The summed E-state index contributed by atoms with van der Waals surface area (Å²) in [4.78, 5) is 4.03. The van der Waals surface area contributed by atoms with Crippen molar-refractivity contribution in [2.24, 2.45) is 5.73 Å². The summed E-state index contributed by atoms with van der Waals surface area (Å²) < 4.78 is 2.21. The van der Waals surface area contributed by atoms with Crippen molar-refractivity contribution >= 4 is 22.5 Å². The molecule has 3 nitrogen and oxygen atoms in total. The molecule has 108 valence electrons. The normalized spacial score (nSPS) is 12.7. The van der Waals surface area contributed by atoms with Gasteiger partial charge in [0.2, 0.25) is 0 Å². The molecule has 1 atom stereocenters. The van der Waals surface area contributed by atoms with E-state index < -0.39 is 0 Å². The molecule has 0 radical (unpaired) electrons. The number of pyridine rings is 1. The number of benzene rings is 1. The van der Waals surface area contributed by atoms with E-state index in [1.807, 2.05) is 13.0 Å². The van der Waals surface area contributed by atoms with Gasteiger partial charge in [-0.3, -0.25) is 4.98 Å². The first-order valence-electron chi connectivity index (χ1n) is 7.05. The van der Waals surface area contributed by atoms with Gasteiger partial charge in [0.25, 0.3) is 0 Å². The maximum Gasteiger partial charge on any atom is 0.0639 e. The molecule has 4 heteroatoms. The van der Waals surface area contributed by atoms with E-state index >= 15 is 0 Å². The lowest BCUT2D eigenvalue weighted by Crippen LogP contribution is -2.17. The van der Waals surface area contributed by atoms with Gasteiger partial charge in [0.05, 0.1) is 5.02 Å². The Balaban J connectivity index is 1.97. The van der Waals surface area contributed by atoms with E-state index in [1.54, 1.807) is 12.4 Å². The van der Waals surface area contributed by atoms with Crippen LogP contribution in [0.25, 0.3) is 10.9 Å². The van der Waals surface area contributed by atoms with Crippen LogP contribution < -0.4 is 5.73 Å². The largest absolute Gasteiger partial charge is 0.343 e. The number of halogens is 1. The highest BCUT2D eigenvalue weighted by atomic mass is 35.5. The summed E-state index contributed by atoms with van der Waals surface area (Å²) in [6.45, 7) is 2.77. The van der Waals surface area contributed by atoms with Gasteiger partial charge in [-0.1, -0.05) is 23.7 Å². The van der Waals surface area contributed by atoms with Crippen molar-refractivity contribution in [3.63, 3.8) is 0 Å². The Hall–Kier alpha value is -1.84. The molecule has 3 aromatic rings. The summed E-state index contributed by atoms with van der Waals surface area (Å²) in [6, 6.07) is 10.8. The maximum absolute atomic E-state index is 6.20. The van der Waals surface area contributed by atoms with Crippen LogP contribution in [0.2, 0.25) is 5.02 Å². The van der Waals surface area contributed by atoms with E-state index in [1.165, 1.54) is 16.5 Å². The van der Waals surface area contributed by atoms with Crippen molar-refractivity contribution in [1.82, 2.24) is 9.55 Å². The number of rotatable bonds is 4. The average molecular weight is 300 g/mol. The second-order valence-electron chi connectivity index (χ2n) is 5.49. The Labute approximate surface area is 129 Å². The molecule has 2 aromatic heterocycles. The first-order valence-corrected chi connectivity index (χ1v) is 7.43. The van der Waals surface area contributed by atoms with E-state index in [0.29, 0.717) is 5.02 Å². The lowest BCUT2D eigenvalue weighted by Gasteiger charge is -2.09. The summed E-state index contributed by atoms with van der Waals surface area (Å²) >= 11 is 6.20. The smallest absolute Gasteiger partial charge is 0.0639 e. The first kappa shape index (κ1) is 14.1. The van der Waals surface area contributed by atoms with Gasteiger partial charge in [0.15, 0.2) is 0 Å². The third kappa shape index (κ3) is 3.09. The maximum atomic E-state index is 6.20. The highest BCUT2D eigenvalue weighted by Crippen LogP contribution is 2.22. The fraction of sp³-hybridized carbons (Fsp3) is 0.235. The van der Waals surface area contributed by atoms with Crippen molar-refractivity contribution in [1.29, 1.82) is 0 Å². The van der Waals surface area contributed by atoms with Gasteiger partial charge in [0, 0.05) is 36.7 Å². The van der Waals surface area contributed by atoms with Crippen molar-refractivity contribution in [3.05, 3.63) is 65.1 Å². The fourth-order valence-electron chi connectivity index (χ4n) is 2.58. The average Bonchev–Trinajstić information content (AvgIpc) is 2.83. The number of nitrogens with zero attached hydrogens (tertiary/aromatic N) is 2. The van der Waals surface area contributed by atoms with Gasteiger partial charge < -0.3 is 10.3 Å². The molecule has 1 aromatic carbocycles. The lowest BCUT2D eigenvalue weighted by molar-refractivity contribution is 0.738. The summed E-state index contributed by atoms with van der Waals surface area (Å²) in [7, 11) is 0. The van der Waals surface area contributed by atoms with Gasteiger partial charge in [-0.2, -0.15) is 0 Å².